The van der Waals surface area contributed by atoms with Crippen molar-refractivity contribution < 1.29 is 24.3 Å². The van der Waals surface area contributed by atoms with Crippen LogP contribution in [0.3, 0.4) is 0 Å². The zero-order valence-corrected chi connectivity index (χ0v) is 20.4. The van der Waals surface area contributed by atoms with E-state index in [0.29, 0.717) is 24.3 Å². The fraction of sp³-hybridized carbons (Fsp3) is 0.440. The lowest BCUT2D eigenvalue weighted by molar-refractivity contribution is -0.387. The van der Waals surface area contributed by atoms with Crippen LogP contribution in [0.1, 0.15) is 50.3 Å². The van der Waals surface area contributed by atoms with E-state index in [1.54, 1.807) is 24.5 Å². The van der Waals surface area contributed by atoms with E-state index in [2.05, 4.69) is 4.98 Å². The van der Waals surface area contributed by atoms with Crippen molar-refractivity contribution in [3.8, 4) is 0 Å². The minimum absolute atomic E-state index is 0.0241. The number of nitro groups is 1. The van der Waals surface area contributed by atoms with Crippen LogP contribution in [0.4, 0.5) is 5.69 Å². The van der Waals surface area contributed by atoms with Crippen LogP contribution < -0.4 is 0 Å². The molecule has 1 N–H and O–H groups in total. The third kappa shape index (κ3) is 6.88. The Bertz CT molecular complexity index is 1030. The molecular weight excluding hydrogens is 456 g/mol. The van der Waals surface area contributed by atoms with Crippen molar-refractivity contribution in [2.45, 2.75) is 62.1 Å². The Hall–Kier alpha value is -2.75. The van der Waals surface area contributed by atoms with Gasteiger partial charge in [0.2, 0.25) is 0 Å². The molecule has 1 aromatic carbocycles. The number of nitrogens with zero attached hydrogens (tertiary/aromatic N) is 2. The van der Waals surface area contributed by atoms with E-state index in [0.717, 1.165) is 11.1 Å². The van der Waals surface area contributed by atoms with Crippen LogP contribution in [0, 0.1) is 23.0 Å². The van der Waals surface area contributed by atoms with Crippen molar-refractivity contribution in [2.24, 2.45) is 5.92 Å². The topological polar surface area (TPSA) is 112 Å². The third-order valence-electron chi connectivity index (χ3n) is 5.56. The van der Waals surface area contributed by atoms with E-state index in [-0.39, 0.29) is 29.1 Å². The van der Waals surface area contributed by atoms with Crippen molar-refractivity contribution in [3.63, 3.8) is 0 Å². The Kier molecular flexibility index (Phi) is 8.82. The Morgan fingerprint density at radius 1 is 1.35 bits per heavy atom. The molecule has 0 saturated carbocycles. The Balaban J connectivity index is 1.76. The molecule has 0 bridgehead atoms. The van der Waals surface area contributed by atoms with Gasteiger partial charge in [0.25, 0.3) is 5.69 Å². The summed E-state index contributed by atoms with van der Waals surface area (Å²) < 4.78 is 12.0. The smallest absolute Gasteiger partial charge is 0.303 e. The molecule has 0 amide bonds. The molecule has 182 valence electrons. The number of carboxylic acid groups (broad SMARTS) is 1. The number of pyridine rings is 1. The Morgan fingerprint density at radius 3 is 2.82 bits per heavy atom. The summed E-state index contributed by atoms with van der Waals surface area (Å²) in [5.41, 5.74) is 1.83. The molecular formula is C25H30N2O6S. The van der Waals surface area contributed by atoms with Gasteiger partial charge in [-0.3, -0.25) is 19.9 Å². The number of rotatable bonds is 10. The number of carbonyl (C=O) groups is 1. The van der Waals surface area contributed by atoms with Crippen molar-refractivity contribution in [3.05, 3.63) is 76.1 Å². The second-order valence-corrected chi connectivity index (χ2v) is 10.5. The first kappa shape index (κ1) is 25.9. The normalized spacial score (nSPS) is 21.0. The van der Waals surface area contributed by atoms with E-state index in [1.807, 2.05) is 51.1 Å². The number of aryl methyl sites for hydroxylation is 1. The maximum Gasteiger partial charge on any atom is 0.303 e. The third-order valence-corrected chi connectivity index (χ3v) is 6.84. The summed E-state index contributed by atoms with van der Waals surface area (Å²) in [4.78, 5) is 26.7. The van der Waals surface area contributed by atoms with E-state index >= 15 is 0 Å². The quantitative estimate of drug-likeness (QED) is 0.197. The first-order valence-electron chi connectivity index (χ1n) is 11.1. The molecule has 9 heteroatoms. The van der Waals surface area contributed by atoms with Crippen LogP contribution in [-0.2, 0) is 14.3 Å². The van der Waals surface area contributed by atoms with Gasteiger partial charge in [-0.05, 0) is 56.9 Å². The van der Waals surface area contributed by atoms with Gasteiger partial charge >= 0.3 is 5.97 Å². The first-order valence-corrected chi connectivity index (χ1v) is 12.0. The van der Waals surface area contributed by atoms with E-state index in [4.69, 9.17) is 14.6 Å². The van der Waals surface area contributed by atoms with Gasteiger partial charge in [-0.25, -0.2) is 0 Å². The van der Waals surface area contributed by atoms with Crippen LogP contribution in [0.25, 0.3) is 0 Å². The molecule has 3 atom stereocenters. The highest BCUT2D eigenvalue weighted by Gasteiger charge is 2.42. The molecule has 1 aliphatic heterocycles. The number of benzene rings is 1. The van der Waals surface area contributed by atoms with Crippen LogP contribution >= 0.6 is 11.8 Å². The summed E-state index contributed by atoms with van der Waals surface area (Å²) in [6.45, 7) is 6.18. The summed E-state index contributed by atoms with van der Waals surface area (Å²) >= 11 is 1.36. The zero-order chi connectivity index (χ0) is 24.7. The summed E-state index contributed by atoms with van der Waals surface area (Å²) in [5.74, 6) is -0.797. The monoisotopic (exact) mass is 486 g/mol. The fourth-order valence-corrected chi connectivity index (χ4v) is 4.98. The standard InChI is InChI=1S/C25H30N2O6S/c1-17-11-12-21(20(14-17)27(30)31)34-25(2,3)24-32-16-19(8-5-4-6-10-22(28)29)23(33-24)18-9-7-13-26-15-18/h4-5,7,9,11-15,19,23-24H,6,8,10,16H2,1-3H3,(H,28,29)/b5-4-/t19-,23-,24+/m1/s1. The predicted octanol–water partition coefficient (Wildman–Crippen LogP) is 5.71. The van der Waals surface area contributed by atoms with Gasteiger partial charge in [-0.15, -0.1) is 11.8 Å². The van der Waals surface area contributed by atoms with E-state index in [1.165, 1.54) is 11.8 Å². The Morgan fingerprint density at radius 2 is 2.15 bits per heavy atom. The molecule has 8 nitrogen and oxygen atoms in total. The number of ether oxygens (including phenoxy) is 2. The van der Waals surface area contributed by atoms with E-state index in [9.17, 15) is 14.9 Å². The molecule has 0 spiro atoms. The number of nitro benzene ring substituents is 1. The van der Waals surface area contributed by atoms with Crippen molar-refractivity contribution in [2.75, 3.05) is 6.61 Å². The molecule has 0 radical (unpaired) electrons. The molecule has 3 rings (SSSR count). The van der Waals surface area contributed by atoms with Gasteiger partial charge in [-0.1, -0.05) is 24.3 Å². The molecule has 2 heterocycles. The second-order valence-electron chi connectivity index (χ2n) is 8.84. The lowest BCUT2D eigenvalue weighted by Crippen LogP contribution is -2.45. The molecule has 1 fully saturated rings. The minimum atomic E-state index is -0.821. The average Bonchev–Trinajstić information content (AvgIpc) is 2.80. The molecule has 1 saturated heterocycles. The number of hydrogen-bond donors (Lipinski definition) is 1. The van der Waals surface area contributed by atoms with Crippen molar-refractivity contribution >= 4 is 23.4 Å². The summed E-state index contributed by atoms with van der Waals surface area (Å²) in [6, 6.07) is 9.03. The van der Waals surface area contributed by atoms with Gasteiger partial charge in [0.1, 0.15) is 0 Å². The highest BCUT2D eigenvalue weighted by Crippen LogP contribution is 2.45. The van der Waals surface area contributed by atoms with E-state index < -0.39 is 17.0 Å². The zero-order valence-electron chi connectivity index (χ0n) is 19.5. The largest absolute Gasteiger partial charge is 0.481 e. The number of thioether (sulfide) groups is 1. The summed E-state index contributed by atoms with van der Waals surface area (Å²) in [7, 11) is 0. The van der Waals surface area contributed by atoms with Gasteiger partial charge in [0, 0.05) is 30.8 Å². The maximum absolute atomic E-state index is 11.6. The van der Waals surface area contributed by atoms with Gasteiger partial charge in [-0.2, -0.15) is 0 Å². The molecule has 34 heavy (non-hydrogen) atoms. The lowest BCUT2D eigenvalue weighted by atomic mass is 9.92. The first-order chi connectivity index (χ1) is 16.2. The fourth-order valence-electron chi connectivity index (χ4n) is 3.82. The summed E-state index contributed by atoms with van der Waals surface area (Å²) in [6.07, 6.45) is 7.69. The van der Waals surface area contributed by atoms with Gasteiger partial charge in [0.15, 0.2) is 6.29 Å². The summed E-state index contributed by atoms with van der Waals surface area (Å²) in [5, 5.41) is 20.4. The van der Waals surface area contributed by atoms with Crippen LogP contribution in [0.5, 0.6) is 0 Å². The number of aliphatic carboxylic acids is 1. The molecule has 1 aromatic heterocycles. The van der Waals surface area contributed by atoms with Crippen LogP contribution in [0.15, 0.2) is 59.8 Å². The van der Waals surface area contributed by atoms with Gasteiger partial charge < -0.3 is 14.6 Å². The predicted molar refractivity (Wildman–Crippen MR) is 130 cm³/mol. The SMILES string of the molecule is Cc1ccc(SC(C)(C)[C@H]2OC[C@@H](C/C=C\CCC(=O)O)[C@@H](c3cccnc3)O2)c([N+](=O)[O-])c1. The maximum atomic E-state index is 11.6. The highest BCUT2D eigenvalue weighted by atomic mass is 32.2. The molecule has 0 unspecified atom stereocenters. The molecule has 1 aliphatic rings. The van der Waals surface area contributed by atoms with Crippen molar-refractivity contribution in [1.29, 1.82) is 0 Å². The number of aromatic nitrogens is 1. The van der Waals surface area contributed by atoms with Crippen molar-refractivity contribution in [1.82, 2.24) is 4.98 Å². The number of hydrogen-bond acceptors (Lipinski definition) is 7. The minimum Gasteiger partial charge on any atom is -0.481 e. The highest BCUT2D eigenvalue weighted by molar-refractivity contribution is 8.00. The lowest BCUT2D eigenvalue weighted by Gasteiger charge is -2.42. The number of carboxylic acids is 1. The number of allylic oxidation sites excluding steroid dienone is 2. The second kappa shape index (κ2) is 11.6. The molecule has 2 aromatic rings. The van der Waals surface area contributed by atoms with Crippen LogP contribution in [0.2, 0.25) is 0 Å². The average molecular weight is 487 g/mol. The van der Waals surface area contributed by atoms with Gasteiger partial charge in [0.05, 0.1) is 27.3 Å². The molecule has 0 aliphatic carbocycles. The van der Waals surface area contributed by atoms with Crippen LogP contribution in [-0.4, -0.2) is 38.6 Å². The Labute approximate surface area is 203 Å².